The Balaban J connectivity index is 1.39. The van der Waals surface area contributed by atoms with Crippen LogP contribution in [0.4, 0.5) is 38.9 Å². The molecule has 0 saturated carbocycles. The Kier molecular flexibility index (Phi) is 8.42. The summed E-state index contributed by atoms with van der Waals surface area (Å²) in [5.41, 5.74) is 5.40. The average Bonchev–Trinajstić information content (AvgIpc) is 3.03. The van der Waals surface area contributed by atoms with Crippen molar-refractivity contribution in [3.8, 4) is 11.5 Å². The molecule has 0 radical (unpaired) electrons. The Hall–Kier alpha value is -5.19. The number of methoxy groups -OCH3 is 2. The fraction of sp³-hybridized carbons (Fsp3) is 0.281. The molecule has 11 heteroatoms. The predicted octanol–water partition coefficient (Wildman–Crippen LogP) is 4.82. The van der Waals surface area contributed by atoms with Gasteiger partial charge in [0.2, 0.25) is 11.8 Å². The fourth-order valence-corrected chi connectivity index (χ4v) is 5.32. The van der Waals surface area contributed by atoms with Crippen molar-refractivity contribution in [2.45, 2.75) is 13.5 Å². The van der Waals surface area contributed by atoms with Gasteiger partial charge >= 0.3 is 6.03 Å². The number of ether oxygens (including phenoxy) is 2. The summed E-state index contributed by atoms with van der Waals surface area (Å²) in [6, 6.07) is 16.9. The van der Waals surface area contributed by atoms with E-state index in [2.05, 4.69) is 22.1 Å². The van der Waals surface area contributed by atoms with E-state index in [-0.39, 0.29) is 17.8 Å². The van der Waals surface area contributed by atoms with Crippen molar-refractivity contribution >= 4 is 52.0 Å². The van der Waals surface area contributed by atoms with Crippen LogP contribution in [-0.2, 0) is 16.1 Å². The molecule has 43 heavy (non-hydrogen) atoms. The molecule has 0 atom stereocenters. The molecular formula is C32H36N6O5. The van der Waals surface area contributed by atoms with Crippen LogP contribution in [0.25, 0.3) is 0 Å². The van der Waals surface area contributed by atoms with Crippen molar-refractivity contribution < 1.29 is 23.9 Å². The second-order valence-corrected chi connectivity index (χ2v) is 10.4. The summed E-state index contributed by atoms with van der Waals surface area (Å²) >= 11 is 0. The number of piperazine rings is 1. The summed E-state index contributed by atoms with van der Waals surface area (Å²) in [6.45, 7) is 8.24. The number of anilines is 6. The smallest absolute Gasteiger partial charge is 0.329 e. The third-order valence-electron chi connectivity index (χ3n) is 7.76. The van der Waals surface area contributed by atoms with E-state index in [0.29, 0.717) is 61.3 Å². The van der Waals surface area contributed by atoms with Gasteiger partial charge in [-0.05, 0) is 42.0 Å². The van der Waals surface area contributed by atoms with Gasteiger partial charge in [-0.25, -0.2) is 4.79 Å². The van der Waals surface area contributed by atoms with Gasteiger partial charge in [-0.15, -0.1) is 0 Å². The van der Waals surface area contributed by atoms with Crippen molar-refractivity contribution in [1.82, 2.24) is 4.90 Å². The predicted molar refractivity (Wildman–Crippen MR) is 169 cm³/mol. The zero-order chi connectivity index (χ0) is 30.7. The first-order valence-electron chi connectivity index (χ1n) is 14.0. The maximum atomic E-state index is 13.5. The van der Waals surface area contributed by atoms with E-state index >= 15 is 0 Å². The molecule has 0 aromatic heterocycles. The van der Waals surface area contributed by atoms with E-state index in [9.17, 15) is 14.4 Å². The van der Waals surface area contributed by atoms with Gasteiger partial charge < -0.3 is 29.9 Å². The Bertz CT molecular complexity index is 1540. The zero-order valence-electron chi connectivity index (χ0n) is 24.8. The molecule has 2 aliphatic rings. The largest absolute Gasteiger partial charge is 0.497 e. The van der Waals surface area contributed by atoms with E-state index < -0.39 is 0 Å². The van der Waals surface area contributed by atoms with Gasteiger partial charge in [-0.1, -0.05) is 12.6 Å². The molecule has 0 unspecified atom stereocenters. The van der Waals surface area contributed by atoms with Crippen molar-refractivity contribution in [2.75, 3.05) is 72.8 Å². The standard InChI is InChI=1S/C32H36N6O5/c1-6-31(40)34-29-18-24(37-13-11-36(12-14-37)21(2)39)9-10-28(29)33-23-8-7-22-20-38(32(41)35(3)30(22)15-23)25-16-26(42-4)19-27(17-25)43-5/h6-10,15-19,33H,1,11-14,20H2,2-5H3,(H,34,40). The summed E-state index contributed by atoms with van der Waals surface area (Å²) in [7, 11) is 4.89. The first-order valence-corrected chi connectivity index (χ1v) is 14.0. The number of fused-ring (bicyclic) bond motifs is 1. The minimum Gasteiger partial charge on any atom is -0.497 e. The van der Waals surface area contributed by atoms with E-state index in [4.69, 9.17) is 9.47 Å². The summed E-state index contributed by atoms with van der Waals surface area (Å²) < 4.78 is 10.8. The van der Waals surface area contributed by atoms with Crippen molar-refractivity contribution in [3.63, 3.8) is 0 Å². The molecule has 224 valence electrons. The van der Waals surface area contributed by atoms with E-state index in [1.54, 1.807) is 56.2 Å². The Morgan fingerprint density at radius 3 is 2.21 bits per heavy atom. The summed E-state index contributed by atoms with van der Waals surface area (Å²) in [6.07, 6.45) is 1.23. The van der Waals surface area contributed by atoms with Crippen LogP contribution in [0, 0.1) is 0 Å². The quantitative estimate of drug-likeness (QED) is 0.366. The molecule has 4 amide bonds. The van der Waals surface area contributed by atoms with Gasteiger partial charge in [0.05, 0.1) is 43.5 Å². The number of amides is 4. The van der Waals surface area contributed by atoms with Crippen molar-refractivity contribution in [2.24, 2.45) is 0 Å². The molecule has 3 aromatic carbocycles. The normalized spacial score (nSPS) is 14.7. The number of carbonyl (C=O) groups excluding carboxylic acids is 3. The summed E-state index contributed by atoms with van der Waals surface area (Å²) in [4.78, 5) is 44.8. The van der Waals surface area contributed by atoms with Gasteiger partial charge in [-0.2, -0.15) is 0 Å². The van der Waals surface area contributed by atoms with Gasteiger partial charge in [0, 0.05) is 69.7 Å². The molecule has 2 heterocycles. The Labute approximate surface area is 251 Å². The molecule has 3 aromatic rings. The van der Waals surface area contributed by atoms with Crippen molar-refractivity contribution in [1.29, 1.82) is 0 Å². The van der Waals surface area contributed by atoms with Gasteiger partial charge in [-0.3, -0.25) is 19.4 Å². The molecule has 0 bridgehead atoms. The minimum absolute atomic E-state index is 0.0729. The Morgan fingerprint density at radius 2 is 1.58 bits per heavy atom. The summed E-state index contributed by atoms with van der Waals surface area (Å²) in [5.74, 6) is 0.938. The highest BCUT2D eigenvalue weighted by molar-refractivity contribution is 6.06. The zero-order valence-corrected chi connectivity index (χ0v) is 24.8. The van der Waals surface area contributed by atoms with E-state index in [1.165, 1.54) is 6.08 Å². The first kappa shape index (κ1) is 29.3. The third-order valence-corrected chi connectivity index (χ3v) is 7.76. The number of hydrogen-bond donors (Lipinski definition) is 2. The molecule has 11 nitrogen and oxygen atoms in total. The number of nitrogens with zero attached hydrogens (tertiary/aromatic N) is 4. The number of hydrogen-bond acceptors (Lipinski definition) is 7. The highest BCUT2D eigenvalue weighted by Gasteiger charge is 2.30. The molecular weight excluding hydrogens is 548 g/mol. The number of carbonyl (C=O) groups is 3. The van der Waals surface area contributed by atoms with Crippen LogP contribution in [0.15, 0.2) is 67.3 Å². The van der Waals surface area contributed by atoms with Crippen molar-refractivity contribution in [3.05, 3.63) is 72.8 Å². The lowest BCUT2D eigenvalue weighted by Gasteiger charge is -2.36. The lowest BCUT2D eigenvalue weighted by atomic mass is 10.1. The molecule has 5 rings (SSSR count). The number of urea groups is 1. The third kappa shape index (κ3) is 6.20. The number of rotatable bonds is 8. The van der Waals surface area contributed by atoms with Crippen LogP contribution in [0.5, 0.6) is 11.5 Å². The van der Waals surface area contributed by atoms with Crippen LogP contribution in [0.3, 0.4) is 0 Å². The molecule has 2 aliphatic heterocycles. The maximum absolute atomic E-state index is 13.5. The second-order valence-electron chi connectivity index (χ2n) is 10.4. The topological polar surface area (TPSA) is 107 Å². The van der Waals surface area contributed by atoms with Gasteiger partial charge in [0.15, 0.2) is 0 Å². The van der Waals surface area contributed by atoms with Crippen LogP contribution in [0.2, 0.25) is 0 Å². The molecule has 2 N–H and O–H groups in total. The lowest BCUT2D eigenvalue weighted by molar-refractivity contribution is -0.129. The van der Waals surface area contributed by atoms with E-state index in [0.717, 1.165) is 22.6 Å². The van der Waals surface area contributed by atoms with E-state index in [1.807, 2.05) is 41.3 Å². The second kappa shape index (κ2) is 12.4. The first-order chi connectivity index (χ1) is 20.7. The monoisotopic (exact) mass is 584 g/mol. The summed E-state index contributed by atoms with van der Waals surface area (Å²) in [5, 5.41) is 6.31. The number of benzene rings is 3. The van der Waals surface area contributed by atoms with Crippen LogP contribution < -0.4 is 34.8 Å². The van der Waals surface area contributed by atoms with Gasteiger partial charge in [0.25, 0.3) is 0 Å². The highest BCUT2D eigenvalue weighted by Crippen LogP contribution is 2.37. The molecule has 0 aliphatic carbocycles. The molecule has 1 fully saturated rings. The lowest BCUT2D eigenvalue weighted by Crippen LogP contribution is -2.48. The SMILES string of the molecule is C=CC(=O)Nc1cc(N2CCN(C(C)=O)CC2)ccc1Nc1ccc2c(c1)N(C)C(=O)N(c1cc(OC)cc(OC)c1)C2. The number of nitrogens with one attached hydrogen (secondary N) is 2. The van der Waals surface area contributed by atoms with Crippen LogP contribution in [0.1, 0.15) is 12.5 Å². The molecule has 0 spiro atoms. The highest BCUT2D eigenvalue weighted by atomic mass is 16.5. The van der Waals surface area contributed by atoms with Crippen LogP contribution in [-0.4, -0.2) is 70.2 Å². The van der Waals surface area contributed by atoms with Gasteiger partial charge in [0.1, 0.15) is 11.5 Å². The average molecular weight is 585 g/mol. The fourth-order valence-electron chi connectivity index (χ4n) is 5.32. The van der Waals surface area contributed by atoms with Crippen LogP contribution >= 0.6 is 0 Å². The molecule has 1 saturated heterocycles. The maximum Gasteiger partial charge on any atom is 0.329 e. The minimum atomic E-state index is -0.327. The Morgan fingerprint density at radius 1 is 0.884 bits per heavy atom.